The molecule has 0 unspecified atom stereocenters. The van der Waals surface area contributed by atoms with Crippen LogP contribution in [0.15, 0.2) is 54.6 Å². The van der Waals surface area contributed by atoms with Crippen LogP contribution in [0.1, 0.15) is 24.0 Å². The number of hydrogen-bond acceptors (Lipinski definition) is 10. The highest BCUT2D eigenvalue weighted by molar-refractivity contribution is 5.88. The van der Waals surface area contributed by atoms with Crippen molar-refractivity contribution in [3.8, 4) is 17.2 Å². The highest BCUT2D eigenvalue weighted by atomic mass is 16.6. The lowest BCUT2D eigenvalue weighted by atomic mass is 9.79. The van der Waals surface area contributed by atoms with Crippen molar-refractivity contribution in [2.24, 2.45) is 0 Å². The number of carbonyl (C=O) groups excluding carboxylic acids is 2. The fraction of sp³-hybridized carbons (Fsp3) is 0.240. The molecule has 1 aliphatic rings. The van der Waals surface area contributed by atoms with E-state index >= 15 is 0 Å². The second-order valence-corrected chi connectivity index (χ2v) is 8.20. The largest absolute Gasteiger partial charge is 0.508 e. The molecule has 4 atom stereocenters. The molecule has 0 amide bonds. The molecular formula is C25H24O11. The van der Waals surface area contributed by atoms with Crippen LogP contribution in [0.4, 0.5) is 0 Å². The van der Waals surface area contributed by atoms with Crippen molar-refractivity contribution >= 4 is 30.1 Å². The number of rotatable bonds is 7. The number of aliphatic carboxylic acids is 1. The Kier molecular flexibility index (Phi) is 7.97. The zero-order valence-corrected chi connectivity index (χ0v) is 18.7. The van der Waals surface area contributed by atoms with Crippen molar-refractivity contribution < 1.29 is 54.5 Å². The number of aromatic hydroxyl groups is 3. The monoisotopic (exact) mass is 500 g/mol. The third-order valence-corrected chi connectivity index (χ3v) is 5.47. The van der Waals surface area contributed by atoms with Crippen molar-refractivity contribution in [2.45, 2.75) is 36.8 Å². The summed E-state index contributed by atoms with van der Waals surface area (Å²) in [7, 11) is 0. The molecule has 3 rings (SSSR count). The summed E-state index contributed by atoms with van der Waals surface area (Å²) >= 11 is 0. The molecule has 0 spiro atoms. The number of carboxylic acids is 1. The second kappa shape index (κ2) is 10.9. The van der Waals surface area contributed by atoms with Crippen LogP contribution in [0, 0.1) is 0 Å². The summed E-state index contributed by atoms with van der Waals surface area (Å²) in [5.74, 6) is -4.30. The maximum Gasteiger partial charge on any atom is 0.335 e. The van der Waals surface area contributed by atoms with E-state index in [1.54, 1.807) is 0 Å². The van der Waals surface area contributed by atoms with Gasteiger partial charge < -0.3 is 40.1 Å². The Morgan fingerprint density at radius 3 is 2.03 bits per heavy atom. The lowest BCUT2D eigenvalue weighted by molar-refractivity contribution is -0.204. The molecule has 1 aliphatic carbocycles. The average Bonchev–Trinajstić information content (AvgIpc) is 2.81. The minimum absolute atomic E-state index is 0.0276. The number of aliphatic hydroxyl groups is 2. The van der Waals surface area contributed by atoms with E-state index in [1.165, 1.54) is 54.6 Å². The molecule has 190 valence electrons. The van der Waals surface area contributed by atoms with Gasteiger partial charge in [-0.3, -0.25) is 0 Å². The number of ether oxygens (including phenoxy) is 2. The van der Waals surface area contributed by atoms with Gasteiger partial charge in [-0.25, -0.2) is 14.4 Å². The van der Waals surface area contributed by atoms with Crippen molar-refractivity contribution in [1.29, 1.82) is 0 Å². The van der Waals surface area contributed by atoms with Gasteiger partial charge in [0.2, 0.25) is 0 Å². The second-order valence-electron chi connectivity index (χ2n) is 8.20. The Morgan fingerprint density at radius 1 is 0.833 bits per heavy atom. The number of phenols is 3. The number of aliphatic hydroxyl groups excluding tert-OH is 1. The molecule has 36 heavy (non-hydrogen) atoms. The molecule has 11 heteroatoms. The predicted octanol–water partition coefficient (Wildman–Crippen LogP) is 1.32. The topological polar surface area (TPSA) is 191 Å². The molecule has 0 saturated heterocycles. The van der Waals surface area contributed by atoms with Crippen LogP contribution in [0.5, 0.6) is 17.2 Å². The zero-order valence-electron chi connectivity index (χ0n) is 18.7. The Balaban J connectivity index is 1.74. The van der Waals surface area contributed by atoms with Crippen molar-refractivity contribution in [3.05, 3.63) is 65.7 Å². The summed E-state index contributed by atoms with van der Waals surface area (Å²) < 4.78 is 10.5. The molecule has 0 radical (unpaired) electrons. The van der Waals surface area contributed by atoms with Gasteiger partial charge in [0.05, 0.1) is 6.10 Å². The van der Waals surface area contributed by atoms with E-state index in [-0.39, 0.29) is 11.5 Å². The van der Waals surface area contributed by atoms with Gasteiger partial charge in [-0.05, 0) is 47.5 Å². The molecule has 1 fully saturated rings. The standard InChI is InChI=1S/C25H24O11/c26-16-6-1-14(2-7-16)4-9-21(30)35-20-13-25(34,24(32)33)12-19(29)23(20)36-22(31)10-5-15-3-8-17(27)18(28)11-15/h1-11,19-20,23,26-29,34H,12-13H2,(H,32,33)/b9-4+,10-5+/t19-,20-,23-,25+/m0/s1. The minimum atomic E-state index is -2.42. The van der Waals surface area contributed by atoms with Crippen molar-refractivity contribution in [3.63, 3.8) is 0 Å². The normalized spacial score (nSPS) is 24.0. The van der Waals surface area contributed by atoms with Gasteiger partial charge >= 0.3 is 17.9 Å². The van der Waals surface area contributed by atoms with Gasteiger partial charge in [0, 0.05) is 25.0 Å². The maximum atomic E-state index is 12.4. The first-order chi connectivity index (χ1) is 17.0. The Bertz CT molecular complexity index is 1180. The van der Waals surface area contributed by atoms with E-state index in [0.717, 1.165) is 12.2 Å². The number of phenolic OH excluding ortho intramolecular Hbond substituents is 3. The summed E-state index contributed by atoms with van der Waals surface area (Å²) in [5, 5.41) is 58.4. The van der Waals surface area contributed by atoms with Crippen LogP contribution >= 0.6 is 0 Å². The molecular weight excluding hydrogens is 476 g/mol. The first kappa shape index (κ1) is 26.3. The minimum Gasteiger partial charge on any atom is -0.508 e. The van der Waals surface area contributed by atoms with E-state index < -0.39 is 60.4 Å². The summed E-state index contributed by atoms with van der Waals surface area (Å²) in [4.78, 5) is 36.3. The molecule has 0 heterocycles. The van der Waals surface area contributed by atoms with E-state index in [1.807, 2.05) is 0 Å². The van der Waals surface area contributed by atoms with Crippen molar-refractivity contribution in [1.82, 2.24) is 0 Å². The molecule has 6 N–H and O–H groups in total. The summed E-state index contributed by atoms with van der Waals surface area (Å²) in [6.45, 7) is 0. The quantitative estimate of drug-likeness (QED) is 0.183. The van der Waals surface area contributed by atoms with Crippen LogP contribution in [0.3, 0.4) is 0 Å². The van der Waals surface area contributed by atoms with Crippen LogP contribution in [-0.4, -0.2) is 72.5 Å². The number of carboxylic acid groups (broad SMARTS) is 1. The van der Waals surface area contributed by atoms with Crippen LogP contribution in [0.25, 0.3) is 12.2 Å². The third kappa shape index (κ3) is 6.62. The fourth-order valence-corrected chi connectivity index (χ4v) is 3.60. The smallest absolute Gasteiger partial charge is 0.335 e. The number of hydrogen-bond donors (Lipinski definition) is 6. The third-order valence-electron chi connectivity index (χ3n) is 5.47. The molecule has 0 aromatic heterocycles. The lowest BCUT2D eigenvalue weighted by Gasteiger charge is -2.40. The highest BCUT2D eigenvalue weighted by Crippen LogP contribution is 2.33. The van der Waals surface area contributed by atoms with E-state index in [4.69, 9.17) is 9.47 Å². The Labute approximate surface area is 204 Å². The van der Waals surface area contributed by atoms with Crippen LogP contribution < -0.4 is 0 Å². The molecule has 0 aliphatic heterocycles. The molecule has 2 aromatic carbocycles. The SMILES string of the molecule is O=C(/C=C/c1ccc(O)c(O)c1)O[C@@H]1[C@@H](OC(=O)/C=C/c2ccc(O)cc2)C[C@@](O)(C(=O)O)C[C@@H]1O. The Hall–Kier alpha value is -4.35. The molecule has 2 aromatic rings. The number of esters is 2. The van der Waals surface area contributed by atoms with Crippen LogP contribution in [0.2, 0.25) is 0 Å². The summed E-state index contributed by atoms with van der Waals surface area (Å²) in [6, 6.07) is 9.66. The first-order valence-corrected chi connectivity index (χ1v) is 10.7. The number of carbonyl (C=O) groups is 3. The van der Waals surface area contributed by atoms with Gasteiger partial charge in [0.25, 0.3) is 0 Å². The summed E-state index contributed by atoms with van der Waals surface area (Å²) in [6.07, 6.45) is -1.38. The average molecular weight is 500 g/mol. The maximum absolute atomic E-state index is 12.4. The van der Waals surface area contributed by atoms with Crippen LogP contribution in [-0.2, 0) is 23.9 Å². The fourth-order valence-electron chi connectivity index (χ4n) is 3.60. The van der Waals surface area contributed by atoms with E-state index in [0.29, 0.717) is 11.1 Å². The number of benzene rings is 2. The molecule has 0 bridgehead atoms. The van der Waals surface area contributed by atoms with Crippen molar-refractivity contribution in [2.75, 3.05) is 0 Å². The predicted molar refractivity (Wildman–Crippen MR) is 124 cm³/mol. The molecule has 11 nitrogen and oxygen atoms in total. The van der Waals surface area contributed by atoms with Gasteiger partial charge in [-0.1, -0.05) is 18.2 Å². The summed E-state index contributed by atoms with van der Waals surface area (Å²) in [5.41, 5.74) is -1.54. The zero-order chi connectivity index (χ0) is 26.5. The van der Waals surface area contributed by atoms with Gasteiger partial charge in [-0.2, -0.15) is 0 Å². The van der Waals surface area contributed by atoms with E-state index in [2.05, 4.69) is 0 Å². The first-order valence-electron chi connectivity index (χ1n) is 10.7. The molecule has 1 saturated carbocycles. The van der Waals surface area contributed by atoms with Gasteiger partial charge in [-0.15, -0.1) is 0 Å². The van der Waals surface area contributed by atoms with E-state index in [9.17, 15) is 45.0 Å². The highest BCUT2D eigenvalue weighted by Gasteiger charge is 2.52. The lowest BCUT2D eigenvalue weighted by Crippen LogP contribution is -2.58. The van der Waals surface area contributed by atoms with Gasteiger partial charge in [0.15, 0.2) is 23.2 Å². The Morgan fingerprint density at radius 2 is 1.42 bits per heavy atom. The van der Waals surface area contributed by atoms with Gasteiger partial charge in [0.1, 0.15) is 11.9 Å².